The molecule has 0 N–H and O–H groups in total. The fourth-order valence-corrected chi connectivity index (χ4v) is 3.20. The van der Waals surface area contributed by atoms with E-state index in [1.165, 1.54) is 0 Å². The second-order valence-electron chi connectivity index (χ2n) is 2.10. The van der Waals surface area contributed by atoms with Gasteiger partial charge in [0.15, 0.2) is 0 Å². The van der Waals surface area contributed by atoms with Crippen molar-refractivity contribution in [2.75, 3.05) is 0 Å². The van der Waals surface area contributed by atoms with Gasteiger partial charge in [0.1, 0.15) is 0 Å². The summed E-state index contributed by atoms with van der Waals surface area (Å²) in [5, 5.41) is 0. The molecule has 0 radical (unpaired) electrons. The molecule has 0 amide bonds. The van der Waals surface area contributed by atoms with Crippen LogP contribution in [0.3, 0.4) is 0 Å². The third-order valence-corrected chi connectivity index (χ3v) is 5.55. The first-order valence-electron chi connectivity index (χ1n) is 2.85. The van der Waals surface area contributed by atoms with Gasteiger partial charge in [0.05, 0.1) is 0 Å². The number of hydrogen-bond donors (Lipinski definition) is 0. The van der Waals surface area contributed by atoms with Crippen LogP contribution in [-0.2, 0) is 0 Å². The summed E-state index contributed by atoms with van der Waals surface area (Å²) in [6, 6.07) is 9.89. The predicted octanol–water partition coefficient (Wildman–Crippen LogP) is 1.11. The molecule has 0 fully saturated rings. The van der Waals surface area contributed by atoms with E-state index >= 15 is 0 Å². The van der Waals surface area contributed by atoms with Crippen LogP contribution in [0, 0.1) is 0 Å². The van der Waals surface area contributed by atoms with Gasteiger partial charge >= 0.3 is 68.1 Å². The normalized spacial score (nSPS) is 11.3. The van der Waals surface area contributed by atoms with Crippen LogP contribution < -0.4 is 3.61 Å². The van der Waals surface area contributed by atoms with Gasteiger partial charge in [-0.1, -0.05) is 0 Å². The summed E-state index contributed by atoms with van der Waals surface area (Å²) in [5.74, 6) is 0. The van der Waals surface area contributed by atoms with Crippen molar-refractivity contribution >= 4 is 37.8 Å². The zero-order valence-electron chi connectivity index (χ0n) is 5.59. The molecule has 0 spiro atoms. The van der Waals surface area contributed by atoms with E-state index < -0.39 is 16.1 Å². The van der Waals surface area contributed by atoms with Crippen LogP contribution in [-0.4, -0.2) is 25.2 Å². The van der Waals surface area contributed by atoms with E-state index in [0.29, 0.717) is 0 Å². The molecule has 0 nitrogen and oxygen atoms in total. The van der Waals surface area contributed by atoms with Crippen LogP contribution in [0.25, 0.3) is 0 Å². The average molecular weight is 268 g/mol. The Balaban J connectivity index is 3.22. The molecule has 0 aliphatic carbocycles. The number of benzene rings is 1. The predicted molar refractivity (Wildman–Crippen MR) is 51.9 cm³/mol. The molecule has 54 valence electrons. The Labute approximate surface area is 68.0 Å². The van der Waals surface area contributed by atoms with Gasteiger partial charge in [-0.2, -0.15) is 0 Å². The van der Waals surface area contributed by atoms with Crippen LogP contribution in [0.5, 0.6) is 0 Å². The maximum absolute atomic E-state index is 6.03. The van der Waals surface area contributed by atoms with Crippen molar-refractivity contribution in [1.82, 2.24) is 0 Å². The monoisotopic (exact) mass is 270 g/mol. The molecule has 0 unspecified atom stereocenters. The van der Waals surface area contributed by atoms with E-state index in [1.807, 2.05) is 30.3 Å². The Hall–Kier alpha value is 0.0396. The Morgan fingerprint density at radius 3 is 1.90 bits per heavy atom. The fraction of sp³-hybridized carbons (Fsp3) is 0. The molecular weight excluding hydrogens is 259 g/mol. The van der Waals surface area contributed by atoms with Crippen LogP contribution in [0.2, 0.25) is 0 Å². The van der Waals surface area contributed by atoms with E-state index in [0.717, 1.165) is 3.61 Å². The molecule has 0 saturated carbocycles. The first-order valence-corrected chi connectivity index (χ1v) is 10.3. The van der Waals surface area contributed by atoms with Gasteiger partial charge in [0.2, 0.25) is 0 Å². The van der Waals surface area contributed by atoms with Crippen LogP contribution in [0.15, 0.2) is 30.3 Å². The molecule has 0 aliphatic heterocycles. The van der Waals surface area contributed by atoms with Gasteiger partial charge in [0, 0.05) is 0 Å². The number of rotatable bonds is 1. The molecule has 0 atom stereocenters. The van der Waals surface area contributed by atoms with Crippen molar-refractivity contribution in [2.45, 2.75) is 0 Å². The van der Waals surface area contributed by atoms with Crippen LogP contribution in [0.1, 0.15) is 0 Å². The molecule has 0 aliphatic rings. The number of halogens is 1. The second kappa shape index (κ2) is 2.96. The minimum absolute atomic E-state index is 1.13. The standard InChI is InChI=1S/C8H9ClTe/c1-10(2,9)8-6-4-3-5-7-8/h3-7H,1-2H2. The van der Waals surface area contributed by atoms with Crippen molar-refractivity contribution in [3.05, 3.63) is 30.3 Å². The Bertz CT molecular complexity index is 297. The number of hydrogen-bond acceptors (Lipinski definition) is 0. The quantitative estimate of drug-likeness (QED) is 0.669. The van der Waals surface area contributed by atoms with E-state index in [9.17, 15) is 0 Å². The van der Waals surface area contributed by atoms with Crippen LogP contribution in [0.4, 0.5) is 0 Å². The third-order valence-electron chi connectivity index (χ3n) is 1.17. The zero-order valence-corrected chi connectivity index (χ0v) is 8.67. The summed E-state index contributed by atoms with van der Waals surface area (Å²) in [4.78, 5) is 0. The molecule has 0 heterocycles. The summed E-state index contributed by atoms with van der Waals surface area (Å²) in [5.41, 5.74) is 0. The molecule has 1 aromatic rings. The molecule has 10 heavy (non-hydrogen) atoms. The van der Waals surface area contributed by atoms with Gasteiger partial charge in [-0.3, -0.25) is 0 Å². The average Bonchev–Trinajstić information content (AvgIpc) is 1.88. The molecule has 0 saturated heterocycles. The van der Waals surface area contributed by atoms with Gasteiger partial charge < -0.3 is 0 Å². The first-order chi connectivity index (χ1) is 4.61. The van der Waals surface area contributed by atoms with Crippen molar-refractivity contribution in [2.24, 2.45) is 0 Å². The molecular formula is C8H9ClTe. The van der Waals surface area contributed by atoms with E-state index in [4.69, 9.17) is 8.96 Å². The summed E-state index contributed by atoms with van der Waals surface area (Å²) in [6.07, 6.45) is 0. The topological polar surface area (TPSA) is 0 Å². The Morgan fingerprint density at radius 2 is 1.60 bits per heavy atom. The SMILES string of the molecule is C=[Te](=C)(Cl)c1ccccc1. The Morgan fingerprint density at radius 1 is 1.10 bits per heavy atom. The van der Waals surface area contributed by atoms with Gasteiger partial charge in [0.25, 0.3) is 0 Å². The zero-order chi connectivity index (χ0) is 7.61. The van der Waals surface area contributed by atoms with Crippen molar-refractivity contribution < 1.29 is 0 Å². The fourth-order valence-electron chi connectivity index (χ4n) is 0.664. The first kappa shape index (κ1) is 8.14. The van der Waals surface area contributed by atoms with Crippen LogP contribution >= 0.6 is 8.96 Å². The van der Waals surface area contributed by atoms with Gasteiger partial charge in [-0.15, -0.1) is 0 Å². The van der Waals surface area contributed by atoms with Gasteiger partial charge in [-0.05, 0) is 0 Å². The van der Waals surface area contributed by atoms with E-state index in [1.54, 1.807) is 0 Å². The molecule has 1 aromatic carbocycles. The molecule has 0 aromatic heterocycles. The third kappa shape index (κ3) is 2.02. The van der Waals surface area contributed by atoms with E-state index in [-0.39, 0.29) is 0 Å². The Kier molecular flexibility index (Phi) is 2.41. The van der Waals surface area contributed by atoms with Crippen molar-refractivity contribution in [3.63, 3.8) is 0 Å². The molecule has 2 heteroatoms. The molecule has 1 rings (SSSR count). The molecule has 0 bridgehead atoms. The van der Waals surface area contributed by atoms with Gasteiger partial charge in [-0.25, -0.2) is 0 Å². The van der Waals surface area contributed by atoms with Crippen molar-refractivity contribution in [3.8, 4) is 0 Å². The summed E-state index contributed by atoms with van der Waals surface area (Å²) in [6.45, 7) is 0. The van der Waals surface area contributed by atoms with Crippen molar-refractivity contribution in [1.29, 1.82) is 0 Å². The maximum atomic E-state index is 6.03. The summed E-state index contributed by atoms with van der Waals surface area (Å²) < 4.78 is 8.90. The summed E-state index contributed by atoms with van der Waals surface area (Å²) in [7, 11) is 6.03. The summed E-state index contributed by atoms with van der Waals surface area (Å²) >= 11 is -2.55. The minimum atomic E-state index is -2.55. The van der Waals surface area contributed by atoms with E-state index in [2.05, 4.69) is 9.11 Å². The second-order valence-corrected chi connectivity index (χ2v) is 11.9.